The first-order valence-electron chi connectivity index (χ1n) is 5.79. The topological polar surface area (TPSA) is 55.0 Å². The molecule has 17 heavy (non-hydrogen) atoms. The van der Waals surface area contributed by atoms with Gasteiger partial charge in [0.05, 0.1) is 11.6 Å². The summed E-state index contributed by atoms with van der Waals surface area (Å²) in [5.74, 6) is 0.488. The number of pyridine rings is 2. The molecule has 0 unspecified atom stereocenters. The van der Waals surface area contributed by atoms with Crippen LogP contribution in [-0.4, -0.2) is 16.1 Å². The molecule has 4 heteroatoms. The number of ether oxygens (including phenoxy) is 1. The second-order valence-electron chi connectivity index (χ2n) is 4.22. The Hall–Kier alpha value is -1.84. The number of aryl methyl sites for hydroxylation is 1. The maximum absolute atomic E-state index is 11.9. The molecule has 0 aliphatic heterocycles. The summed E-state index contributed by atoms with van der Waals surface area (Å²) in [6, 6.07) is 5.20. The molecule has 2 rings (SSSR count). The fraction of sp³-hybridized carbons (Fsp3) is 0.385. The lowest BCUT2D eigenvalue weighted by atomic mass is 10.2. The van der Waals surface area contributed by atoms with E-state index in [1.165, 1.54) is 0 Å². The molecule has 4 nitrogen and oxygen atoms in total. The zero-order valence-electron chi connectivity index (χ0n) is 10.3. The van der Waals surface area contributed by atoms with Gasteiger partial charge in [-0.1, -0.05) is 6.92 Å². The Balaban J connectivity index is 2.55. The third kappa shape index (κ3) is 2.46. The molecule has 0 fully saturated rings. The Kier molecular flexibility index (Phi) is 3.13. The molecule has 0 atom stereocenters. The number of hydrogen-bond acceptors (Lipinski definition) is 3. The van der Waals surface area contributed by atoms with Gasteiger partial charge in [-0.05, 0) is 26.3 Å². The van der Waals surface area contributed by atoms with Gasteiger partial charge < -0.3 is 9.72 Å². The first-order valence-corrected chi connectivity index (χ1v) is 5.79. The highest BCUT2D eigenvalue weighted by molar-refractivity contribution is 5.74. The van der Waals surface area contributed by atoms with Crippen LogP contribution in [0.3, 0.4) is 0 Å². The highest BCUT2D eigenvalue weighted by atomic mass is 16.5. The molecule has 0 saturated heterocycles. The molecular formula is C13H16N2O2. The zero-order valence-corrected chi connectivity index (χ0v) is 10.3. The Morgan fingerprint density at radius 3 is 2.82 bits per heavy atom. The number of nitrogens with zero attached hydrogens (tertiary/aromatic N) is 1. The Labute approximate surface area is 99.7 Å². The van der Waals surface area contributed by atoms with E-state index in [0.717, 1.165) is 17.6 Å². The number of aromatic amines is 1. The summed E-state index contributed by atoms with van der Waals surface area (Å²) in [5.41, 5.74) is 2.04. The van der Waals surface area contributed by atoms with Crippen LogP contribution in [0.5, 0.6) is 5.88 Å². The van der Waals surface area contributed by atoms with Crippen LogP contribution in [0.4, 0.5) is 0 Å². The largest absolute Gasteiger partial charge is 0.475 e. The summed E-state index contributed by atoms with van der Waals surface area (Å²) in [6.07, 6.45) is 0.851. The number of hydrogen-bond donors (Lipinski definition) is 1. The van der Waals surface area contributed by atoms with E-state index in [0.29, 0.717) is 11.4 Å². The number of nitrogens with one attached hydrogen (secondary N) is 1. The highest BCUT2D eigenvalue weighted by Gasteiger charge is 2.05. The molecule has 0 saturated carbocycles. The lowest BCUT2D eigenvalue weighted by Gasteiger charge is -2.09. The molecule has 1 N–H and O–H groups in total. The van der Waals surface area contributed by atoms with Crippen molar-refractivity contribution in [1.82, 2.24) is 9.97 Å². The monoisotopic (exact) mass is 232 g/mol. The van der Waals surface area contributed by atoms with Crippen molar-refractivity contribution < 1.29 is 4.74 Å². The van der Waals surface area contributed by atoms with Crippen LogP contribution in [0, 0.1) is 0 Å². The average molecular weight is 232 g/mol. The van der Waals surface area contributed by atoms with Crippen molar-refractivity contribution in [3.63, 3.8) is 0 Å². The first kappa shape index (κ1) is 11.6. The lowest BCUT2D eigenvalue weighted by Crippen LogP contribution is -2.10. The SMILES string of the molecule is CCc1cc(=O)c2nc(OC(C)C)ccc2[nH]1. The minimum atomic E-state index is -0.0650. The molecule has 90 valence electrons. The molecule has 0 bridgehead atoms. The van der Waals surface area contributed by atoms with Crippen molar-refractivity contribution in [1.29, 1.82) is 0 Å². The minimum Gasteiger partial charge on any atom is -0.475 e. The quantitative estimate of drug-likeness (QED) is 0.883. The Bertz CT molecular complexity index is 587. The van der Waals surface area contributed by atoms with Gasteiger partial charge in [-0.25, -0.2) is 4.98 Å². The van der Waals surface area contributed by atoms with E-state index in [-0.39, 0.29) is 11.5 Å². The van der Waals surface area contributed by atoms with Crippen molar-refractivity contribution >= 4 is 11.0 Å². The molecule has 0 aromatic carbocycles. The van der Waals surface area contributed by atoms with E-state index >= 15 is 0 Å². The van der Waals surface area contributed by atoms with Gasteiger partial charge in [-0.3, -0.25) is 4.79 Å². The summed E-state index contributed by atoms with van der Waals surface area (Å²) in [7, 11) is 0. The molecule has 0 radical (unpaired) electrons. The van der Waals surface area contributed by atoms with Crippen LogP contribution >= 0.6 is 0 Å². The van der Waals surface area contributed by atoms with Crippen molar-refractivity contribution in [3.8, 4) is 5.88 Å². The van der Waals surface area contributed by atoms with Gasteiger partial charge in [0.25, 0.3) is 0 Å². The number of fused-ring (bicyclic) bond motifs is 1. The van der Waals surface area contributed by atoms with E-state index in [1.807, 2.05) is 26.8 Å². The van der Waals surface area contributed by atoms with Gasteiger partial charge in [0.2, 0.25) is 11.3 Å². The zero-order chi connectivity index (χ0) is 12.4. The predicted octanol–water partition coefficient (Wildman–Crippen LogP) is 2.27. The van der Waals surface area contributed by atoms with Gasteiger partial charge in [0.1, 0.15) is 5.52 Å². The van der Waals surface area contributed by atoms with Gasteiger partial charge >= 0.3 is 0 Å². The smallest absolute Gasteiger partial charge is 0.214 e. The summed E-state index contributed by atoms with van der Waals surface area (Å²) in [6.45, 7) is 5.85. The summed E-state index contributed by atoms with van der Waals surface area (Å²) < 4.78 is 5.47. The number of H-pyrrole nitrogens is 1. The van der Waals surface area contributed by atoms with E-state index in [4.69, 9.17) is 4.74 Å². The normalized spacial score (nSPS) is 11.1. The molecule has 2 aromatic heterocycles. The third-order valence-corrected chi connectivity index (χ3v) is 2.44. The van der Waals surface area contributed by atoms with Gasteiger partial charge in [0.15, 0.2) is 0 Å². The third-order valence-electron chi connectivity index (χ3n) is 2.44. The molecule has 2 aromatic rings. The fourth-order valence-corrected chi connectivity index (χ4v) is 1.66. The lowest BCUT2D eigenvalue weighted by molar-refractivity contribution is 0.233. The molecule has 0 spiro atoms. The Morgan fingerprint density at radius 2 is 2.18 bits per heavy atom. The van der Waals surface area contributed by atoms with Crippen molar-refractivity contribution in [3.05, 3.63) is 34.1 Å². The molecule has 2 heterocycles. The summed E-state index contributed by atoms with van der Waals surface area (Å²) in [5, 5.41) is 0. The Morgan fingerprint density at radius 1 is 1.41 bits per heavy atom. The maximum Gasteiger partial charge on any atom is 0.214 e. The fourth-order valence-electron chi connectivity index (χ4n) is 1.66. The first-order chi connectivity index (χ1) is 8.10. The van der Waals surface area contributed by atoms with Gasteiger partial charge in [-0.15, -0.1) is 0 Å². The van der Waals surface area contributed by atoms with Crippen molar-refractivity contribution in [2.24, 2.45) is 0 Å². The predicted molar refractivity (Wildman–Crippen MR) is 67.5 cm³/mol. The van der Waals surface area contributed by atoms with E-state index < -0.39 is 0 Å². The van der Waals surface area contributed by atoms with Crippen LogP contribution in [0.1, 0.15) is 26.5 Å². The molecule has 0 aliphatic carbocycles. The average Bonchev–Trinajstić information content (AvgIpc) is 2.29. The summed E-state index contributed by atoms with van der Waals surface area (Å²) >= 11 is 0. The van der Waals surface area contributed by atoms with Crippen LogP contribution in [0.25, 0.3) is 11.0 Å². The summed E-state index contributed by atoms with van der Waals surface area (Å²) in [4.78, 5) is 19.3. The van der Waals surface area contributed by atoms with Crippen molar-refractivity contribution in [2.75, 3.05) is 0 Å². The molecular weight excluding hydrogens is 216 g/mol. The maximum atomic E-state index is 11.9. The van der Waals surface area contributed by atoms with Crippen LogP contribution < -0.4 is 10.2 Å². The van der Waals surface area contributed by atoms with Gasteiger partial charge in [0, 0.05) is 17.8 Å². The standard InChI is InChI=1S/C13H16N2O2/c1-4-9-7-11(16)13-10(14-9)5-6-12(15-13)17-8(2)3/h5-8H,4H2,1-3H3,(H,14,16). The number of rotatable bonds is 3. The second-order valence-corrected chi connectivity index (χ2v) is 4.22. The van der Waals surface area contributed by atoms with Crippen LogP contribution in [0.15, 0.2) is 23.0 Å². The second kappa shape index (κ2) is 4.57. The molecule has 0 amide bonds. The number of aromatic nitrogens is 2. The minimum absolute atomic E-state index is 0.0500. The van der Waals surface area contributed by atoms with Crippen LogP contribution in [-0.2, 0) is 6.42 Å². The van der Waals surface area contributed by atoms with E-state index in [9.17, 15) is 4.79 Å². The van der Waals surface area contributed by atoms with Crippen molar-refractivity contribution in [2.45, 2.75) is 33.3 Å². The van der Waals surface area contributed by atoms with Crippen LogP contribution in [0.2, 0.25) is 0 Å². The van der Waals surface area contributed by atoms with E-state index in [2.05, 4.69) is 9.97 Å². The molecule has 0 aliphatic rings. The van der Waals surface area contributed by atoms with E-state index in [1.54, 1.807) is 12.1 Å². The van der Waals surface area contributed by atoms with Gasteiger partial charge in [-0.2, -0.15) is 0 Å². The highest BCUT2D eigenvalue weighted by Crippen LogP contribution is 2.13.